The summed E-state index contributed by atoms with van der Waals surface area (Å²) in [6, 6.07) is 4.18. The SMILES string of the molecule is Oc1cc(F)cc(CNCCCN2CCCCC2)c1. The molecule has 0 aliphatic carbocycles. The molecule has 106 valence electrons. The minimum Gasteiger partial charge on any atom is -0.508 e. The van der Waals surface area contributed by atoms with Crippen molar-refractivity contribution in [1.82, 2.24) is 10.2 Å². The third-order valence-electron chi connectivity index (χ3n) is 3.55. The first-order chi connectivity index (χ1) is 9.24. The molecule has 4 heteroatoms. The maximum absolute atomic E-state index is 13.1. The number of benzene rings is 1. The van der Waals surface area contributed by atoms with E-state index in [1.54, 1.807) is 6.07 Å². The van der Waals surface area contributed by atoms with Gasteiger partial charge in [-0.3, -0.25) is 0 Å². The van der Waals surface area contributed by atoms with Crippen molar-refractivity contribution in [1.29, 1.82) is 0 Å². The van der Waals surface area contributed by atoms with Gasteiger partial charge in [-0.2, -0.15) is 0 Å². The Hall–Kier alpha value is -1.13. The van der Waals surface area contributed by atoms with Crippen LogP contribution in [0.2, 0.25) is 0 Å². The van der Waals surface area contributed by atoms with Crippen LogP contribution in [0.3, 0.4) is 0 Å². The molecule has 0 aromatic heterocycles. The number of piperidine rings is 1. The quantitative estimate of drug-likeness (QED) is 0.777. The number of halogens is 1. The van der Waals surface area contributed by atoms with Crippen LogP contribution in [0.25, 0.3) is 0 Å². The van der Waals surface area contributed by atoms with Gasteiger partial charge in [0, 0.05) is 12.6 Å². The molecule has 19 heavy (non-hydrogen) atoms. The van der Waals surface area contributed by atoms with Crippen LogP contribution in [0.5, 0.6) is 5.75 Å². The normalized spacial score (nSPS) is 16.7. The molecule has 1 heterocycles. The van der Waals surface area contributed by atoms with Crippen molar-refractivity contribution < 1.29 is 9.50 Å². The van der Waals surface area contributed by atoms with Crippen molar-refractivity contribution in [2.45, 2.75) is 32.2 Å². The van der Waals surface area contributed by atoms with E-state index in [1.165, 1.54) is 38.4 Å². The molecule has 0 amide bonds. The second kappa shape index (κ2) is 7.46. The molecular weight excluding hydrogens is 243 g/mol. The van der Waals surface area contributed by atoms with E-state index in [-0.39, 0.29) is 11.6 Å². The predicted molar refractivity (Wildman–Crippen MR) is 74.7 cm³/mol. The fourth-order valence-electron chi connectivity index (χ4n) is 2.58. The Morgan fingerprint density at radius 3 is 2.68 bits per heavy atom. The third kappa shape index (κ3) is 5.17. The molecule has 1 aromatic rings. The third-order valence-corrected chi connectivity index (χ3v) is 3.55. The monoisotopic (exact) mass is 266 g/mol. The van der Waals surface area contributed by atoms with Gasteiger partial charge in [0.1, 0.15) is 11.6 Å². The number of nitrogens with zero attached hydrogens (tertiary/aromatic N) is 1. The summed E-state index contributed by atoms with van der Waals surface area (Å²) in [4.78, 5) is 2.51. The maximum atomic E-state index is 13.1. The zero-order valence-corrected chi connectivity index (χ0v) is 11.4. The molecule has 0 bridgehead atoms. The molecule has 1 saturated heterocycles. The van der Waals surface area contributed by atoms with Crippen LogP contribution in [0.4, 0.5) is 4.39 Å². The molecule has 2 N–H and O–H groups in total. The Kier molecular flexibility index (Phi) is 5.61. The van der Waals surface area contributed by atoms with Gasteiger partial charge in [-0.1, -0.05) is 6.42 Å². The first kappa shape index (κ1) is 14.3. The van der Waals surface area contributed by atoms with E-state index in [0.29, 0.717) is 6.54 Å². The summed E-state index contributed by atoms with van der Waals surface area (Å²) < 4.78 is 13.1. The summed E-state index contributed by atoms with van der Waals surface area (Å²) in [6.45, 7) is 5.13. The van der Waals surface area contributed by atoms with Gasteiger partial charge in [-0.05, 0) is 63.1 Å². The van der Waals surface area contributed by atoms with Crippen LogP contribution in [0.15, 0.2) is 18.2 Å². The summed E-state index contributed by atoms with van der Waals surface area (Å²) >= 11 is 0. The van der Waals surface area contributed by atoms with Crippen LogP contribution in [-0.2, 0) is 6.54 Å². The average molecular weight is 266 g/mol. The highest BCUT2D eigenvalue weighted by Gasteiger charge is 2.08. The molecule has 1 aromatic carbocycles. The van der Waals surface area contributed by atoms with E-state index in [4.69, 9.17) is 0 Å². The van der Waals surface area contributed by atoms with Gasteiger partial charge >= 0.3 is 0 Å². The Morgan fingerprint density at radius 2 is 1.95 bits per heavy atom. The Balaban J connectivity index is 1.60. The Bertz CT molecular complexity index is 371. The molecular formula is C15H23FN2O. The largest absolute Gasteiger partial charge is 0.508 e. The molecule has 1 fully saturated rings. The van der Waals surface area contributed by atoms with Crippen molar-refractivity contribution in [3.63, 3.8) is 0 Å². The molecule has 0 radical (unpaired) electrons. The van der Waals surface area contributed by atoms with E-state index in [9.17, 15) is 9.50 Å². The van der Waals surface area contributed by atoms with Crippen molar-refractivity contribution in [3.05, 3.63) is 29.6 Å². The van der Waals surface area contributed by atoms with Gasteiger partial charge in [0.25, 0.3) is 0 Å². The standard InChI is InChI=1S/C15H23FN2O/c16-14-9-13(10-15(19)11-14)12-17-5-4-8-18-6-2-1-3-7-18/h9-11,17,19H,1-8,12H2. The lowest BCUT2D eigenvalue weighted by molar-refractivity contribution is 0.225. The number of hydrogen-bond donors (Lipinski definition) is 2. The molecule has 0 atom stereocenters. The van der Waals surface area contributed by atoms with Crippen LogP contribution in [0, 0.1) is 5.82 Å². The van der Waals surface area contributed by atoms with E-state index in [0.717, 1.165) is 31.1 Å². The van der Waals surface area contributed by atoms with Gasteiger partial charge in [0.15, 0.2) is 0 Å². The van der Waals surface area contributed by atoms with E-state index in [1.807, 2.05) is 0 Å². The summed E-state index contributed by atoms with van der Waals surface area (Å²) in [6.07, 6.45) is 5.14. The molecule has 1 aliphatic rings. The highest BCUT2D eigenvalue weighted by Crippen LogP contribution is 2.14. The highest BCUT2D eigenvalue weighted by molar-refractivity contribution is 5.28. The number of phenolic OH excluding ortho intramolecular Hbond substituents is 1. The van der Waals surface area contributed by atoms with Crippen molar-refractivity contribution in [2.75, 3.05) is 26.2 Å². The minimum absolute atomic E-state index is 0.00915. The van der Waals surface area contributed by atoms with Crippen molar-refractivity contribution in [2.24, 2.45) is 0 Å². The Morgan fingerprint density at radius 1 is 1.16 bits per heavy atom. The van der Waals surface area contributed by atoms with Crippen molar-refractivity contribution >= 4 is 0 Å². The lowest BCUT2D eigenvalue weighted by Gasteiger charge is -2.26. The van der Waals surface area contributed by atoms with Crippen molar-refractivity contribution in [3.8, 4) is 5.75 Å². The molecule has 3 nitrogen and oxygen atoms in total. The molecule has 0 saturated carbocycles. The zero-order valence-electron chi connectivity index (χ0n) is 11.4. The van der Waals surface area contributed by atoms with Gasteiger partial charge in [0.05, 0.1) is 0 Å². The fraction of sp³-hybridized carbons (Fsp3) is 0.600. The number of rotatable bonds is 6. The number of nitrogens with one attached hydrogen (secondary N) is 1. The topological polar surface area (TPSA) is 35.5 Å². The average Bonchev–Trinajstić information content (AvgIpc) is 2.38. The number of phenols is 1. The van der Waals surface area contributed by atoms with Crippen LogP contribution in [-0.4, -0.2) is 36.2 Å². The van der Waals surface area contributed by atoms with Gasteiger partial charge in [0.2, 0.25) is 0 Å². The van der Waals surface area contributed by atoms with Gasteiger partial charge in [-0.25, -0.2) is 4.39 Å². The lowest BCUT2D eigenvalue weighted by Crippen LogP contribution is -2.32. The Labute approximate surface area is 114 Å². The number of hydrogen-bond acceptors (Lipinski definition) is 3. The van der Waals surface area contributed by atoms with E-state index >= 15 is 0 Å². The van der Waals surface area contributed by atoms with Gasteiger partial charge < -0.3 is 15.3 Å². The number of aromatic hydroxyl groups is 1. The lowest BCUT2D eigenvalue weighted by atomic mass is 10.1. The smallest absolute Gasteiger partial charge is 0.127 e. The molecule has 2 rings (SSSR count). The van der Waals surface area contributed by atoms with E-state index in [2.05, 4.69) is 10.2 Å². The summed E-state index contributed by atoms with van der Waals surface area (Å²) in [5.41, 5.74) is 0.787. The van der Waals surface area contributed by atoms with Crippen LogP contribution < -0.4 is 5.32 Å². The molecule has 0 spiro atoms. The summed E-state index contributed by atoms with van der Waals surface area (Å²) in [7, 11) is 0. The molecule has 0 unspecified atom stereocenters. The first-order valence-corrected chi connectivity index (χ1v) is 7.15. The zero-order chi connectivity index (χ0) is 13.5. The summed E-state index contributed by atoms with van der Waals surface area (Å²) in [5, 5.41) is 12.6. The fourth-order valence-corrected chi connectivity index (χ4v) is 2.58. The van der Waals surface area contributed by atoms with Crippen LogP contribution >= 0.6 is 0 Å². The highest BCUT2D eigenvalue weighted by atomic mass is 19.1. The minimum atomic E-state index is -0.384. The first-order valence-electron chi connectivity index (χ1n) is 7.15. The predicted octanol–water partition coefficient (Wildman–Crippen LogP) is 2.50. The van der Waals surface area contributed by atoms with Gasteiger partial charge in [-0.15, -0.1) is 0 Å². The van der Waals surface area contributed by atoms with Crippen LogP contribution in [0.1, 0.15) is 31.2 Å². The second-order valence-corrected chi connectivity index (χ2v) is 5.25. The molecule has 1 aliphatic heterocycles. The van der Waals surface area contributed by atoms with E-state index < -0.39 is 0 Å². The maximum Gasteiger partial charge on any atom is 0.127 e. The summed E-state index contributed by atoms with van der Waals surface area (Å²) in [5.74, 6) is -0.393. The number of likely N-dealkylation sites (tertiary alicyclic amines) is 1. The second-order valence-electron chi connectivity index (χ2n) is 5.25.